The molecule has 0 spiro atoms. The normalized spacial score (nSPS) is 10.7. The minimum atomic E-state index is -0.480. The van der Waals surface area contributed by atoms with Gasteiger partial charge in [0.2, 0.25) is 5.82 Å². The Hall–Kier alpha value is -5.19. The maximum atomic E-state index is 12.6. The Kier molecular flexibility index (Phi) is 6.26. The molecule has 178 valence electrons. The molecule has 2 N–H and O–H groups in total. The van der Waals surface area contributed by atoms with Gasteiger partial charge in [0.1, 0.15) is 0 Å². The third-order valence-electron chi connectivity index (χ3n) is 5.44. The molecule has 11 nitrogen and oxygen atoms in total. The van der Waals surface area contributed by atoms with Crippen LogP contribution in [0.1, 0.15) is 32.0 Å². The molecular formula is C25H21N9O2. The van der Waals surface area contributed by atoms with Crippen molar-refractivity contribution in [2.24, 2.45) is 0 Å². The number of amides is 2. The molecule has 0 unspecified atom stereocenters. The van der Waals surface area contributed by atoms with Gasteiger partial charge in [-0.15, -0.1) is 10.2 Å². The smallest absolute Gasteiger partial charge is 0.267 e. The van der Waals surface area contributed by atoms with Gasteiger partial charge in [-0.2, -0.15) is 9.90 Å². The molecule has 2 aromatic carbocycles. The van der Waals surface area contributed by atoms with E-state index in [0.717, 1.165) is 11.1 Å². The monoisotopic (exact) mass is 479 g/mol. The van der Waals surface area contributed by atoms with Crippen molar-refractivity contribution in [3.8, 4) is 17.2 Å². The molecule has 0 aliphatic heterocycles. The molecule has 0 atom stereocenters. The maximum absolute atomic E-state index is 12.6. The molecule has 36 heavy (non-hydrogen) atoms. The molecule has 5 rings (SSSR count). The number of carbonyl (C=O) groups excluding carboxylic acids is 2. The second-order valence-electron chi connectivity index (χ2n) is 7.86. The van der Waals surface area contributed by atoms with Crippen LogP contribution in [0.25, 0.3) is 17.2 Å². The highest BCUT2D eigenvalue weighted by Gasteiger charge is 2.16. The van der Waals surface area contributed by atoms with Gasteiger partial charge in [0.15, 0.2) is 5.82 Å². The highest BCUT2D eigenvalue weighted by Crippen LogP contribution is 2.13. The summed E-state index contributed by atoms with van der Waals surface area (Å²) in [4.78, 5) is 30.8. The molecule has 5 aromatic rings. The van der Waals surface area contributed by atoms with E-state index in [4.69, 9.17) is 0 Å². The van der Waals surface area contributed by atoms with Crippen LogP contribution in [-0.4, -0.2) is 46.8 Å². The third kappa shape index (κ3) is 4.85. The van der Waals surface area contributed by atoms with Gasteiger partial charge in [0.25, 0.3) is 11.8 Å². The summed E-state index contributed by atoms with van der Waals surface area (Å²) in [6.45, 7) is 2.15. The van der Waals surface area contributed by atoms with Gasteiger partial charge in [-0.3, -0.25) is 20.4 Å². The van der Waals surface area contributed by atoms with E-state index in [2.05, 4.69) is 36.3 Å². The van der Waals surface area contributed by atoms with Gasteiger partial charge in [-0.05, 0) is 42.0 Å². The summed E-state index contributed by atoms with van der Waals surface area (Å²) in [6, 6.07) is 21.9. The molecule has 0 saturated heterocycles. The average molecular weight is 480 g/mol. The Morgan fingerprint density at radius 2 is 1.64 bits per heavy atom. The topological polar surface area (TPSA) is 133 Å². The minimum Gasteiger partial charge on any atom is -0.267 e. The Morgan fingerprint density at radius 3 is 2.39 bits per heavy atom. The van der Waals surface area contributed by atoms with Crippen LogP contribution < -0.4 is 10.9 Å². The molecule has 3 aromatic heterocycles. The van der Waals surface area contributed by atoms with Crippen molar-refractivity contribution in [2.75, 3.05) is 0 Å². The largest absolute Gasteiger partial charge is 0.273 e. The fraction of sp³-hybridized carbons (Fsp3) is 0.0800. The standard InChI is InChI=1S/C25H21N9O2/c1-17-21(15-27-34(17)22-9-5-6-14-26-22)25(36)30-29-24(35)20-12-10-18(11-13-20)16-33-31-23(28-32-33)19-7-3-2-4-8-19/h2-15H,16H2,1H3,(H,29,35)(H,30,36). The number of carbonyl (C=O) groups is 2. The number of nitrogens with one attached hydrogen (secondary N) is 2. The van der Waals surface area contributed by atoms with E-state index in [-0.39, 0.29) is 0 Å². The molecule has 0 aliphatic rings. The summed E-state index contributed by atoms with van der Waals surface area (Å²) in [5.41, 5.74) is 7.95. The summed E-state index contributed by atoms with van der Waals surface area (Å²) in [6.07, 6.45) is 3.08. The minimum absolute atomic E-state index is 0.325. The highest BCUT2D eigenvalue weighted by molar-refractivity contribution is 5.99. The summed E-state index contributed by atoms with van der Waals surface area (Å²) in [5.74, 6) is 0.208. The number of hydrazine groups is 1. The molecule has 2 amide bonds. The molecule has 0 fully saturated rings. The Morgan fingerprint density at radius 1 is 0.889 bits per heavy atom. The van der Waals surface area contributed by atoms with Crippen molar-refractivity contribution in [3.05, 3.63) is 108 Å². The fourth-order valence-corrected chi connectivity index (χ4v) is 3.53. The first-order chi connectivity index (χ1) is 17.6. The molecule has 0 bridgehead atoms. The van der Waals surface area contributed by atoms with E-state index >= 15 is 0 Å². The van der Waals surface area contributed by atoms with Gasteiger partial charge in [0, 0.05) is 17.3 Å². The summed E-state index contributed by atoms with van der Waals surface area (Å²) < 4.78 is 1.56. The van der Waals surface area contributed by atoms with E-state index < -0.39 is 11.8 Å². The zero-order chi connectivity index (χ0) is 24.9. The lowest BCUT2D eigenvalue weighted by Crippen LogP contribution is -2.41. The maximum Gasteiger partial charge on any atom is 0.273 e. The van der Waals surface area contributed by atoms with Crippen molar-refractivity contribution in [1.82, 2.24) is 45.8 Å². The van der Waals surface area contributed by atoms with E-state index in [1.54, 1.807) is 54.2 Å². The summed E-state index contributed by atoms with van der Waals surface area (Å²) >= 11 is 0. The summed E-state index contributed by atoms with van der Waals surface area (Å²) in [7, 11) is 0. The first-order valence-electron chi connectivity index (χ1n) is 11.1. The highest BCUT2D eigenvalue weighted by atomic mass is 16.2. The van der Waals surface area contributed by atoms with Crippen molar-refractivity contribution >= 4 is 11.8 Å². The molecule has 11 heteroatoms. The van der Waals surface area contributed by atoms with Crippen LogP contribution in [0.2, 0.25) is 0 Å². The lowest BCUT2D eigenvalue weighted by atomic mass is 10.1. The van der Waals surface area contributed by atoms with Gasteiger partial charge >= 0.3 is 0 Å². The van der Waals surface area contributed by atoms with Crippen LogP contribution in [0.15, 0.2) is 85.2 Å². The number of tetrazole rings is 1. The van der Waals surface area contributed by atoms with Crippen LogP contribution >= 0.6 is 0 Å². The van der Waals surface area contributed by atoms with Crippen molar-refractivity contribution in [1.29, 1.82) is 0 Å². The van der Waals surface area contributed by atoms with Gasteiger partial charge < -0.3 is 0 Å². The molecular weight excluding hydrogens is 458 g/mol. The predicted molar refractivity (Wildman–Crippen MR) is 130 cm³/mol. The number of aromatic nitrogens is 7. The lowest BCUT2D eigenvalue weighted by molar-refractivity contribution is 0.0846. The van der Waals surface area contributed by atoms with Gasteiger partial charge in [-0.1, -0.05) is 48.5 Å². The van der Waals surface area contributed by atoms with Crippen molar-refractivity contribution in [3.63, 3.8) is 0 Å². The first kappa shape index (κ1) is 22.6. The SMILES string of the molecule is Cc1c(C(=O)NNC(=O)c2ccc(Cn3nnc(-c4ccccc4)n3)cc2)cnn1-c1ccccn1. The molecule has 0 aliphatic carbocycles. The number of rotatable bonds is 6. The van der Waals surface area contributed by atoms with E-state index in [9.17, 15) is 9.59 Å². The predicted octanol–water partition coefficient (Wildman–Crippen LogP) is 2.35. The molecule has 0 radical (unpaired) electrons. The Bertz CT molecular complexity index is 1490. The van der Waals surface area contributed by atoms with E-state index in [0.29, 0.717) is 35.0 Å². The number of nitrogens with zero attached hydrogens (tertiary/aromatic N) is 7. The molecule has 0 saturated carbocycles. The van der Waals surface area contributed by atoms with Crippen LogP contribution in [-0.2, 0) is 6.54 Å². The zero-order valence-corrected chi connectivity index (χ0v) is 19.2. The van der Waals surface area contributed by atoms with Crippen LogP contribution in [0, 0.1) is 6.92 Å². The van der Waals surface area contributed by atoms with Crippen LogP contribution in [0.4, 0.5) is 0 Å². The van der Waals surface area contributed by atoms with Crippen molar-refractivity contribution < 1.29 is 9.59 Å². The number of hydrogen-bond acceptors (Lipinski definition) is 7. The zero-order valence-electron chi connectivity index (χ0n) is 19.2. The van der Waals surface area contributed by atoms with Gasteiger partial charge in [-0.25, -0.2) is 9.67 Å². The Labute approximate surface area is 205 Å². The van der Waals surface area contributed by atoms with Crippen LogP contribution in [0.3, 0.4) is 0 Å². The number of benzene rings is 2. The van der Waals surface area contributed by atoms with Crippen molar-refractivity contribution in [2.45, 2.75) is 13.5 Å². The first-order valence-corrected chi connectivity index (χ1v) is 11.1. The third-order valence-corrected chi connectivity index (χ3v) is 5.44. The fourth-order valence-electron chi connectivity index (χ4n) is 3.53. The van der Waals surface area contributed by atoms with E-state index in [1.165, 1.54) is 11.0 Å². The second-order valence-corrected chi connectivity index (χ2v) is 7.86. The molecule has 3 heterocycles. The average Bonchev–Trinajstić information content (AvgIpc) is 3.55. The lowest BCUT2D eigenvalue weighted by Gasteiger charge is -2.08. The quantitative estimate of drug-likeness (QED) is 0.357. The number of pyridine rings is 1. The second kappa shape index (κ2) is 9.97. The van der Waals surface area contributed by atoms with E-state index in [1.807, 2.05) is 36.4 Å². The van der Waals surface area contributed by atoms with Gasteiger partial charge in [0.05, 0.1) is 24.0 Å². The van der Waals surface area contributed by atoms with Crippen LogP contribution in [0.5, 0.6) is 0 Å². The summed E-state index contributed by atoms with van der Waals surface area (Å²) in [5, 5.41) is 16.8. The Balaban J connectivity index is 1.18. The number of hydrogen-bond donors (Lipinski definition) is 2.